The standard InChI is InChI=1S/C12H13NO3/c1-13-16-12(14)9-7-10-4-3-5-11(15-2)8-6-10/h3-5,7-9H,1,6H2,2H3/b9-7+. The highest BCUT2D eigenvalue weighted by Gasteiger charge is 1.99. The van der Waals surface area contributed by atoms with Crippen molar-refractivity contribution >= 4 is 12.7 Å². The number of hydrogen-bond acceptors (Lipinski definition) is 4. The van der Waals surface area contributed by atoms with E-state index in [9.17, 15) is 4.79 Å². The van der Waals surface area contributed by atoms with Crippen molar-refractivity contribution in [2.45, 2.75) is 6.42 Å². The lowest BCUT2D eigenvalue weighted by Gasteiger charge is -1.97. The van der Waals surface area contributed by atoms with Crippen molar-refractivity contribution < 1.29 is 14.4 Å². The molecule has 0 spiro atoms. The number of nitrogens with zero attached hydrogens (tertiary/aromatic N) is 1. The number of rotatable bonds is 4. The van der Waals surface area contributed by atoms with E-state index in [4.69, 9.17) is 4.74 Å². The van der Waals surface area contributed by atoms with Crippen molar-refractivity contribution in [1.29, 1.82) is 0 Å². The fourth-order valence-electron chi connectivity index (χ4n) is 1.17. The van der Waals surface area contributed by atoms with Crippen LogP contribution in [0.15, 0.2) is 52.9 Å². The Hall–Kier alpha value is -2.10. The van der Waals surface area contributed by atoms with E-state index in [1.807, 2.05) is 24.3 Å². The molecule has 0 aromatic rings. The molecule has 4 nitrogen and oxygen atoms in total. The third kappa shape index (κ3) is 3.96. The van der Waals surface area contributed by atoms with E-state index in [1.165, 1.54) is 6.08 Å². The van der Waals surface area contributed by atoms with Gasteiger partial charge in [-0.25, -0.2) is 4.79 Å². The molecule has 0 aromatic heterocycles. The lowest BCUT2D eigenvalue weighted by Crippen LogP contribution is -1.93. The van der Waals surface area contributed by atoms with Gasteiger partial charge < -0.3 is 9.57 Å². The van der Waals surface area contributed by atoms with Crippen LogP contribution in [0.25, 0.3) is 0 Å². The zero-order valence-electron chi connectivity index (χ0n) is 9.05. The van der Waals surface area contributed by atoms with Crippen molar-refractivity contribution in [3.8, 4) is 0 Å². The Bertz CT molecular complexity index is 389. The summed E-state index contributed by atoms with van der Waals surface area (Å²) in [4.78, 5) is 15.3. The molecule has 16 heavy (non-hydrogen) atoms. The summed E-state index contributed by atoms with van der Waals surface area (Å²) < 4.78 is 5.09. The summed E-state index contributed by atoms with van der Waals surface area (Å²) in [5.74, 6) is 0.259. The largest absolute Gasteiger partial charge is 0.497 e. The Morgan fingerprint density at radius 2 is 2.44 bits per heavy atom. The van der Waals surface area contributed by atoms with E-state index < -0.39 is 5.97 Å². The second-order valence-electron chi connectivity index (χ2n) is 2.99. The molecule has 0 amide bonds. The molecule has 0 heterocycles. The second kappa shape index (κ2) is 6.40. The van der Waals surface area contributed by atoms with Gasteiger partial charge in [0, 0.05) is 12.8 Å². The van der Waals surface area contributed by atoms with Gasteiger partial charge in [0.2, 0.25) is 0 Å². The van der Waals surface area contributed by atoms with Crippen LogP contribution in [-0.2, 0) is 14.4 Å². The molecule has 0 saturated heterocycles. The molecule has 1 aliphatic carbocycles. The Morgan fingerprint density at radius 3 is 3.12 bits per heavy atom. The molecular formula is C12H13NO3. The van der Waals surface area contributed by atoms with Crippen LogP contribution in [0.3, 0.4) is 0 Å². The molecule has 0 aromatic carbocycles. The number of ether oxygens (including phenoxy) is 1. The van der Waals surface area contributed by atoms with Gasteiger partial charge in [0.05, 0.1) is 7.11 Å². The average Bonchev–Trinajstić information content (AvgIpc) is 2.51. The van der Waals surface area contributed by atoms with E-state index in [-0.39, 0.29) is 0 Å². The van der Waals surface area contributed by atoms with E-state index >= 15 is 0 Å². The molecule has 4 heteroatoms. The van der Waals surface area contributed by atoms with Crippen molar-refractivity contribution in [3.63, 3.8) is 0 Å². The van der Waals surface area contributed by atoms with E-state index in [1.54, 1.807) is 13.2 Å². The predicted octanol–water partition coefficient (Wildman–Crippen LogP) is 2.12. The van der Waals surface area contributed by atoms with Gasteiger partial charge in [0.15, 0.2) is 0 Å². The van der Waals surface area contributed by atoms with E-state index in [0.717, 1.165) is 11.3 Å². The Balaban J connectivity index is 2.60. The van der Waals surface area contributed by atoms with Gasteiger partial charge in [-0.15, -0.1) is 0 Å². The van der Waals surface area contributed by atoms with E-state index in [2.05, 4.69) is 16.7 Å². The number of hydrogen-bond donors (Lipinski definition) is 0. The summed E-state index contributed by atoms with van der Waals surface area (Å²) in [6.07, 6.45) is 11.2. The van der Waals surface area contributed by atoms with Crippen LogP contribution in [0.2, 0.25) is 0 Å². The average molecular weight is 219 g/mol. The number of allylic oxidation sites excluding steroid dienone is 6. The van der Waals surface area contributed by atoms with Gasteiger partial charge in [-0.1, -0.05) is 23.4 Å². The summed E-state index contributed by atoms with van der Waals surface area (Å²) in [6.45, 7) is 3.05. The van der Waals surface area contributed by atoms with Gasteiger partial charge in [-0.3, -0.25) is 0 Å². The Morgan fingerprint density at radius 1 is 1.62 bits per heavy atom. The number of oxime groups is 1. The fraction of sp³-hybridized carbons (Fsp3) is 0.167. The quantitative estimate of drug-likeness (QED) is 0.315. The van der Waals surface area contributed by atoms with Crippen LogP contribution >= 0.6 is 0 Å². The van der Waals surface area contributed by atoms with Crippen molar-refractivity contribution in [2.24, 2.45) is 5.16 Å². The van der Waals surface area contributed by atoms with Gasteiger partial charge in [0.1, 0.15) is 5.76 Å². The van der Waals surface area contributed by atoms with E-state index in [0.29, 0.717) is 6.42 Å². The van der Waals surface area contributed by atoms with Crippen LogP contribution < -0.4 is 0 Å². The maximum atomic E-state index is 11.0. The fourth-order valence-corrected chi connectivity index (χ4v) is 1.17. The SMILES string of the molecule is C=NOC(=O)/C=C/C1=CC=CC(OC)=CC1. The van der Waals surface area contributed by atoms with Crippen LogP contribution in [0.4, 0.5) is 0 Å². The summed E-state index contributed by atoms with van der Waals surface area (Å²) in [7, 11) is 1.62. The lowest BCUT2D eigenvalue weighted by molar-refractivity contribution is -0.137. The van der Waals surface area contributed by atoms with Crippen molar-refractivity contribution in [2.75, 3.05) is 7.11 Å². The topological polar surface area (TPSA) is 47.9 Å². The van der Waals surface area contributed by atoms with Crippen molar-refractivity contribution in [1.82, 2.24) is 0 Å². The van der Waals surface area contributed by atoms with Gasteiger partial charge in [0.25, 0.3) is 0 Å². The predicted molar refractivity (Wildman–Crippen MR) is 61.7 cm³/mol. The van der Waals surface area contributed by atoms with Crippen LogP contribution in [0.1, 0.15) is 6.42 Å². The van der Waals surface area contributed by atoms with Crippen LogP contribution in [-0.4, -0.2) is 19.8 Å². The molecule has 0 fully saturated rings. The summed E-state index contributed by atoms with van der Waals surface area (Å²) in [5, 5.41) is 3.03. The Labute approximate surface area is 94.2 Å². The zero-order chi connectivity index (χ0) is 11.8. The summed E-state index contributed by atoms with van der Waals surface area (Å²) in [6, 6.07) is 0. The third-order valence-electron chi connectivity index (χ3n) is 1.93. The molecule has 0 saturated carbocycles. The van der Waals surface area contributed by atoms with Crippen LogP contribution in [0, 0.1) is 0 Å². The van der Waals surface area contributed by atoms with Gasteiger partial charge >= 0.3 is 5.97 Å². The maximum absolute atomic E-state index is 11.0. The highest BCUT2D eigenvalue weighted by molar-refractivity contribution is 5.82. The molecular weight excluding hydrogens is 206 g/mol. The first-order valence-electron chi connectivity index (χ1n) is 4.72. The molecule has 1 aliphatic rings. The molecule has 0 atom stereocenters. The summed E-state index contributed by atoms with van der Waals surface area (Å²) >= 11 is 0. The van der Waals surface area contributed by atoms with Crippen molar-refractivity contribution in [3.05, 3.63) is 47.8 Å². The molecule has 0 radical (unpaired) electrons. The first-order valence-corrected chi connectivity index (χ1v) is 4.72. The Kier molecular flexibility index (Phi) is 4.79. The van der Waals surface area contributed by atoms with Crippen LogP contribution in [0.5, 0.6) is 0 Å². The second-order valence-corrected chi connectivity index (χ2v) is 2.99. The number of carbonyl (C=O) groups is 1. The molecule has 0 unspecified atom stereocenters. The first kappa shape index (κ1) is 12.0. The molecule has 0 N–H and O–H groups in total. The number of methoxy groups -OCH3 is 1. The maximum Gasteiger partial charge on any atom is 0.358 e. The lowest BCUT2D eigenvalue weighted by atomic mass is 10.1. The third-order valence-corrected chi connectivity index (χ3v) is 1.93. The minimum Gasteiger partial charge on any atom is -0.497 e. The minimum atomic E-state index is -0.542. The van der Waals surface area contributed by atoms with Gasteiger partial charge in [-0.05, 0) is 24.1 Å². The minimum absolute atomic E-state index is 0.542. The first-order chi connectivity index (χ1) is 7.76. The molecule has 84 valence electrons. The van der Waals surface area contributed by atoms with Gasteiger partial charge in [-0.2, -0.15) is 0 Å². The zero-order valence-corrected chi connectivity index (χ0v) is 9.05. The smallest absolute Gasteiger partial charge is 0.358 e. The highest BCUT2D eigenvalue weighted by Crippen LogP contribution is 2.13. The molecule has 0 aliphatic heterocycles. The molecule has 1 rings (SSSR count). The monoisotopic (exact) mass is 219 g/mol. The highest BCUT2D eigenvalue weighted by atomic mass is 16.7. The summed E-state index contributed by atoms with van der Waals surface area (Å²) in [5.41, 5.74) is 0.976. The number of carbonyl (C=O) groups excluding carboxylic acids is 1. The normalized spacial score (nSPS) is 15.1. The molecule has 0 bridgehead atoms.